The highest BCUT2D eigenvalue weighted by atomic mass is 16.3. The molecule has 158 valence electrons. The number of phenolic OH excluding ortho intramolecular Hbond substituents is 1. The van der Waals surface area contributed by atoms with E-state index in [4.69, 9.17) is 9.41 Å². The summed E-state index contributed by atoms with van der Waals surface area (Å²) < 4.78 is 5.33. The number of piperazine rings is 1. The van der Waals surface area contributed by atoms with E-state index in [2.05, 4.69) is 37.2 Å². The summed E-state index contributed by atoms with van der Waals surface area (Å²) in [6.07, 6.45) is 2.28. The minimum absolute atomic E-state index is 0.326. The van der Waals surface area contributed by atoms with Crippen molar-refractivity contribution in [2.24, 2.45) is 4.99 Å². The van der Waals surface area contributed by atoms with Crippen LogP contribution in [0.5, 0.6) is 5.75 Å². The number of nitrogens with one attached hydrogen (secondary N) is 2. The molecule has 9 nitrogen and oxygen atoms in total. The van der Waals surface area contributed by atoms with Gasteiger partial charge in [0.25, 0.3) is 0 Å². The molecule has 0 spiro atoms. The van der Waals surface area contributed by atoms with E-state index in [0.29, 0.717) is 30.3 Å². The number of rotatable bonds is 6. The van der Waals surface area contributed by atoms with Crippen molar-refractivity contribution in [2.45, 2.75) is 13.3 Å². The molecule has 9 heteroatoms. The SMILES string of the molecule is CCNC(=NCCc1nc(-c2ccco2)n[nH]1)N1CCN(c2ccccc2O)CC1. The van der Waals surface area contributed by atoms with Gasteiger partial charge in [0.1, 0.15) is 11.6 Å². The maximum absolute atomic E-state index is 10.1. The molecule has 1 saturated heterocycles. The molecular formula is C21H27N7O2. The highest BCUT2D eigenvalue weighted by Crippen LogP contribution is 2.27. The number of furan rings is 1. The molecule has 30 heavy (non-hydrogen) atoms. The summed E-state index contributed by atoms with van der Waals surface area (Å²) in [5.74, 6) is 3.22. The molecule has 1 aliphatic rings. The van der Waals surface area contributed by atoms with E-state index in [0.717, 1.165) is 50.2 Å². The summed E-state index contributed by atoms with van der Waals surface area (Å²) in [7, 11) is 0. The zero-order valence-electron chi connectivity index (χ0n) is 17.1. The average Bonchev–Trinajstić information content (AvgIpc) is 3.46. The van der Waals surface area contributed by atoms with Crippen molar-refractivity contribution in [3.05, 3.63) is 48.5 Å². The molecule has 2 aromatic heterocycles. The normalized spacial score (nSPS) is 14.9. The third kappa shape index (κ3) is 4.56. The number of H-pyrrole nitrogens is 1. The van der Waals surface area contributed by atoms with Crippen LogP contribution in [0.2, 0.25) is 0 Å². The summed E-state index contributed by atoms with van der Waals surface area (Å²) in [5.41, 5.74) is 0.886. The van der Waals surface area contributed by atoms with Gasteiger partial charge >= 0.3 is 0 Å². The predicted molar refractivity (Wildman–Crippen MR) is 116 cm³/mol. The summed E-state index contributed by atoms with van der Waals surface area (Å²) in [4.78, 5) is 13.7. The van der Waals surface area contributed by atoms with E-state index in [1.54, 1.807) is 12.3 Å². The first-order valence-corrected chi connectivity index (χ1v) is 10.3. The molecule has 0 saturated carbocycles. The van der Waals surface area contributed by atoms with Crippen LogP contribution in [0.3, 0.4) is 0 Å². The first kappa shape index (κ1) is 19.8. The van der Waals surface area contributed by atoms with Crippen LogP contribution < -0.4 is 10.2 Å². The number of aromatic hydroxyl groups is 1. The molecule has 0 atom stereocenters. The smallest absolute Gasteiger partial charge is 0.216 e. The van der Waals surface area contributed by atoms with Crippen molar-refractivity contribution < 1.29 is 9.52 Å². The fraction of sp³-hybridized carbons (Fsp3) is 0.381. The minimum atomic E-state index is 0.326. The lowest BCUT2D eigenvalue weighted by atomic mass is 10.2. The number of hydrogen-bond donors (Lipinski definition) is 3. The molecular weight excluding hydrogens is 382 g/mol. The lowest BCUT2D eigenvalue weighted by Gasteiger charge is -2.37. The number of para-hydroxylation sites is 2. The van der Waals surface area contributed by atoms with Gasteiger partial charge in [-0.25, -0.2) is 4.98 Å². The van der Waals surface area contributed by atoms with Crippen LogP contribution in [0, 0.1) is 0 Å². The molecule has 1 aliphatic heterocycles. The van der Waals surface area contributed by atoms with Gasteiger partial charge in [-0.05, 0) is 31.2 Å². The van der Waals surface area contributed by atoms with Crippen LogP contribution in [0.1, 0.15) is 12.7 Å². The fourth-order valence-electron chi connectivity index (χ4n) is 3.51. The maximum Gasteiger partial charge on any atom is 0.216 e. The van der Waals surface area contributed by atoms with E-state index in [-0.39, 0.29) is 0 Å². The lowest BCUT2D eigenvalue weighted by Crippen LogP contribution is -2.52. The highest BCUT2D eigenvalue weighted by molar-refractivity contribution is 5.80. The Kier molecular flexibility index (Phi) is 6.17. The van der Waals surface area contributed by atoms with Crippen LogP contribution >= 0.6 is 0 Å². The predicted octanol–water partition coefficient (Wildman–Crippen LogP) is 2.10. The third-order valence-corrected chi connectivity index (χ3v) is 5.02. The Hall–Kier alpha value is -3.49. The van der Waals surface area contributed by atoms with E-state index >= 15 is 0 Å². The van der Waals surface area contributed by atoms with Gasteiger partial charge in [-0.2, -0.15) is 5.10 Å². The molecule has 0 aliphatic carbocycles. The van der Waals surface area contributed by atoms with Crippen molar-refractivity contribution in [1.82, 2.24) is 25.4 Å². The van der Waals surface area contributed by atoms with Gasteiger partial charge in [-0.3, -0.25) is 10.1 Å². The Balaban J connectivity index is 1.33. The number of anilines is 1. The number of nitrogens with zero attached hydrogens (tertiary/aromatic N) is 5. The van der Waals surface area contributed by atoms with Gasteiger partial charge in [0.05, 0.1) is 12.0 Å². The van der Waals surface area contributed by atoms with Gasteiger partial charge < -0.3 is 24.6 Å². The number of guanidine groups is 1. The zero-order valence-corrected chi connectivity index (χ0v) is 17.1. The Bertz CT molecular complexity index is 959. The van der Waals surface area contributed by atoms with Crippen molar-refractivity contribution in [3.63, 3.8) is 0 Å². The molecule has 0 unspecified atom stereocenters. The van der Waals surface area contributed by atoms with E-state index in [9.17, 15) is 5.11 Å². The number of aliphatic imine (C=N–C) groups is 1. The van der Waals surface area contributed by atoms with Crippen molar-refractivity contribution in [2.75, 3.05) is 44.2 Å². The zero-order chi connectivity index (χ0) is 20.8. The Morgan fingerprint density at radius 2 is 2.03 bits per heavy atom. The molecule has 0 amide bonds. The highest BCUT2D eigenvalue weighted by Gasteiger charge is 2.21. The van der Waals surface area contributed by atoms with Crippen LogP contribution in [0.4, 0.5) is 5.69 Å². The molecule has 0 radical (unpaired) electrons. The van der Waals surface area contributed by atoms with Crippen molar-refractivity contribution in [3.8, 4) is 17.3 Å². The number of aromatic nitrogens is 3. The monoisotopic (exact) mass is 409 g/mol. The van der Waals surface area contributed by atoms with Crippen LogP contribution in [-0.4, -0.2) is 70.4 Å². The van der Waals surface area contributed by atoms with Gasteiger partial charge in [-0.1, -0.05) is 12.1 Å². The maximum atomic E-state index is 10.1. The molecule has 3 aromatic rings. The van der Waals surface area contributed by atoms with Crippen LogP contribution in [0.15, 0.2) is 52.1 Å². The summed E-state index contributed by atoms with van der Waals surface area (Å²) in [5, 5.41) is 20.6. The van der Waals surface area contributed by atoms with Gasteiger partial charge in [0.15, 0.2) is 11.7 Å². The third-order valence-electron chi connectivity index (χ3n) is 5.02. The molecule has 3 N–H and O–H groups in total. The Morgan fingerprint density at radius 1 is 1.20 bits per heavy atom. The standard InChI is InChI=1S/C21H27N7O2/c1-2-22-21(23-10-9-19-24-20(26-25-19)18-8-5-15-30-18)28-13-11-27(12-14-28)16-6-3-4-7-17(16)29/h3-8,15,29H,2,9-14H2,1H3,(H,22,23)(H,24,25,26). The second-order valence-corrected chi connectivity index (χ2v) is 7.03. The number of benzene rings is 1. The van der Waals surface area contributed by atoms with Crippen LogP contribution in [0.25, 0.3) is 11.6 Å². The second-order valence-electron chi connectivity index (χ2n) is 7.03. The van der Waals surface area contributed by atoms with E-state index in [1.807, 2.05) is 30.3 Å². The van der Waals surface area contributed by atoms with Gasteiger partial charge in [-0.15, -0.1) is 0 Å². The van der Waals surface area contributed by atoms with Gasteiger partial charge in [0.2, 0.25) is 5.82 Å². The summed E-state index contributed by atoms with van der Waals surface area (Å²) in [6.45, 7) is 6.82. The number of hydrogen-bond acceptors (Lipinski definition) is 6. The fourth-order valence-corrected chi connectivity index (χ4v) is 3.51. The Morgan fingerprint density at radius 3 is 2.77 bits per heavy atom. The lowest BCUT2D eigenvalue weighted by molar-refractivity contribution is 0.370. The van der Waals surface area contributed by atoms with Gasteiger partial charge in [0, 0.05) is 45.7 Å². The van der Waals surface area contributed by atoms with Crippen molar-refractivity contribution in [1.29, 1.82) is 0 Å². The topological polar surface area (TPSA) is 106 Å². The average molecular weight is 409 g/mol. The quantitative estimate of drug-likeness (QED) is 0.423. The molecule has 4 rings (SSSR count). The minimum Gasteiger partial charge on any atom is -0.506 e. The molecule has 1 fully saturated rings. The molecule has 3 heterocycles. The second kappa shape index (κ2) is 9.34. The number of phenols is 1. The van der Waals surface area contributed by atoms with E-state index < -0.39 is 0 Å². The summed E-state index contributed by atoms with van der Waals surface area (Å²) in [6, 6.07) is 11.1. The molecule has 0 bridgehead atoms. The van der Waals surface area contributed by atoms with E-state index in [1.165, 1.54) is 0 Å². The van der Waals surface area contributed by atoms with Crippen LogP contribution in [-0.2, 0) is 6.42 Å². The number of aromatic amines is 1. The van der Waals surface area contributed by atoms with Crippen molar-refractivity contribution >= 4 is 11.6 Å². The first-order valence-electron chi connectivity index (χ1n) is 10.3. The largest absolute Gasteiger partial charge is 0.506 e. The summed E-state index contributed by atoms with van der Waals surface area (Å²) >= 11 is 0. The molecule has 1 aromatic carbocycles. The first-order chi connectivity index (χ1) is 14.7. The Labute approximate surface area is 175 Å².